The van der Waals surface area contributed by atoms with Crippen LogP contribution in [0, 0.1) is 35.0 Å². The molecule has 1 aliphatic rings. The van der Waals surface area contributed by atoms with Crippen LogP contribution in [0.4, 0.5) is 22.0 Å². The van der Waals surface area contributed by atoms with Gasteiger partial charge in [-0.15, -0.1) is 0 Å². The molecule has 2 rings (SSSR count). The van der Waals surface area contributed by atoms with Gasteiger partial charge < -0.3 is 0 Å². The van der Waals surface area contributed by atoms with E-state index in [1.807, 2.05) is 0 Å². The van der Waals surface area contributed by atoms with Crippen molar-refractivity contribution in [1.82, 2.24) is 0 Å². The lowest BCUT2D eigenvalue weighted by atomic mass is 9.97. The molecule has 1 aliphatic carbocycles. The van der Waals surface area contributed by atoms with Gasteiger partial charge in [0.25, 0.3) is 0 Å². The molecule has 0 unspecified atom stereocenters. The van der Waals surface area contributed by atoms with Gasteiger partial charge in [-0.2, -0.15) is 0 Å². The van der Waals surface area contributed by atoms with Gasteiger partial charge in [-0.05, 0) is 0 Å². The Morgan fingerprint density at radius 3 is 1.61 bits per heavy atom. The van der Waals surface area contributed by atoms with E-state index in [1.165, 1.54) is 24.3 Å². The minimum Gasteiger partial charge on any atom is -0.293 e. The average Bonchev–Trinajstić information content (AvgIpc) is 2.88. The van der Waals surface area contributed by atoms with Crippen molar-refractivity contribution in [3.8, 4) is 0 Å². The molecule has 18 heavy (non-hydrogen) atoms. The molecule has 0 spiro atoms. The van der Waals surface area contributed by atoms with Crippen LogP contribution >= 0.6 is 0 Å². The molecule has 1 aromatic rings. The van der Waals surface area contributed by atoms with Gasteiger partial charge in [-0.3, -0.25) is 4.79 Å². The highest BCUT2D eigenvalue weighted by Crippen LogP contribution is 2.26. The smallest absolute Gasteiger partial charge is 0.200 e. The fraction of sp³-hybridized carbons (Fsp3) is 0.0833. The van der Waals surface area contributed by atoms with Crippen LogP contribution in [0.2, 0.25) is 0 Å². The van der Waals surface area contributed by atoms with Crippen LogP contribution in [-0.2, 0) is 0 Å². The first-order valence-electron chi connectivity index (χ1n) is 4.85. The van der Waals surface area contributed by atoms with Crippen molar-refractivity contribution in [3.05, 3.63) is 59.0 Å². The molecule has 0 amide bonds. The summed E-state index contributed by atoms with van der Waals surface area (Å²) in [5.41, 5.74) is -1.41. The predicted molar refractivity (Wildman–Crippen MR) is 52.3 cm³/mol. The molecule has 0 bridgehead atoms. The van der Waals surface area contributed by atoms with E-state index >= 15 is 0 Å². The van der Waals surface area contributed by atoms with E-state index in [2.05, 4.69) is 0 Å². The first-order chi connectivity index (χ1) is 8.45. The second-order valence-corrected chi connectivity index (χ2v) is 3.60. The standard InChI is InChI=1S/C12H5F5O/c13-7-6(12(18)5-3-1-2-4-5)8(14)10(16)11(17)9(7)15/h1-5H. The Labute approximate surface area is 98.2 Å². The fourth-order valence-corrected chi connectivity index (χ4v) is 1.59. The van der Waals surface area contributed by atoms with Gasteiger partial charge in [0.2, 0.25) is 5.82 Å². The van der Waals surface area contributed by atoms with E-state index in [0.29, 0.717) is 0 Å². The second-order valence-electron chi connectivity index (χ2n) is 3.60. The fourth-order valence-electron chi connectivity index (χ4n) is 1.59. The molecule has 1 nitrogen and oxygen atoms in total. The van der Waals surface area contributed by atoms with Gasteiger partial charge in [0, 0.05) is 0 Å². The lowest BCUT2D eigenvalue weighted by molar-refractivity contribution is 0.0954. The minimum atomic E-state index is -2.28. The minimum absolute atomic E-state index is 1.02. The van der Waals surface area contributed by atoms with Gasteiger partial charge in [0.1, 0.15) is 0 Å². The summed E-state index contributed by atoms with van der Waals surface area (Å²) in [5.74, 6) is -12.9. The highest BCUT2D eigenvalue weighted by atomic mass is 19.2. The van der Waals surface area contributed by atoms with Gasteiger partial charge >= 0.3 is 0 Å². The van der Waals surface area contributed by atoms with Crippen molar-refractivity contribution in [2.24, 2.45) is 5.92 Å². The molecule has 0 saturated carbocycles. The number of Topliss-reactive ketones (excluding diaryl/α,β-unsaturated/α-hetero) is 1. The van der Waals surface area contributed by atoms with Crippen LogP contribution < -0.4 is 0 Å². The maximum Gasteiger partial charge on any atom is 0.200 e. The normalized spacial score (nSPS) is 14.5. The summed E-state index contributed by atoms with van der Waals surface area (Å²) in [7, 11) is 0. The third kappa shape index (κ3) is 1.73. The Bertz CT molecular complexity index is 548. The first-order valence-corrected chi connectivity index (χ1v) is 4.85. The monoisotopic (exact) mass is 260 g/mol. The number of rotatable bonds is 2. The van der Waals surface area contributed by atoms with E-state index in [9.17, 15) is 26.7 Å². The number of carbonyl (C=O) groups excluding carboxylic acids is 1. The zero-order valence-electron chi connectivity index (χ0n) is 8.68. The topological polar surface area (TPSA) is 17.1 Å². The van der Waals surface area contributed by atoms with Gasteiger partial charge in [0.15, 0.2) is 29.1 Å². The highest BCUT2D eigenvalue weighted by Gasteiger charge is 2.31. The molecule has 0 atom stereocenters. The van der Waals surface area contributed by atoms with Crippen LogP contribution in [0.25, 0.3) is 0 Å². The van der Waals surface area contributed by atoms with E-state index in [4.69, 9.17) is 0 Å². The molecular weight excluding hydrogens is 255 g/mol. The van der Waals surface area contributed by atoms with E-state index < -0.39 is 46.4 Å². The number of hydrogen-bond donors (Lipinski definition) is 0. The quantitative estimate of drug-likeness (QED) is 0.345. The SMILES string of the molecule is O=C(c1c(F)c(F)c(F)c(F)c1F)C1C=CC=C1. The van der Waals surface area contributed by atoms with Crippen LogP contribution in [0.5, 0.6) is 0 Å². The molecule has 0 N–H and O–H groups in total. The van der Waals surface area contributed by atoms with Crippen molar-refractivity contribution in [2.75, 3.05) is 0 Å². The van der Waals surface area contributed by atoms with Crippen molar-refractivity contribution in [1.29, 1.82) is 0 Å². The Hall–Kier alpha value is -1.98. The van der Waals surface area contributed by atoms with E-state index in [-0.39, 0.29) is 0 Å². The predicted octanol–water partition coefficient (Wildman–Crippen LogP) is 3.31. The van der Waals surface area contributed by atoms with Crippen LogP contribution in [-0.4, -0.2) is 5.78 Å². The molecule has 94 valence electrons. The number of halogens is 5. The number of ketones is 1. The summed E-state index contributed by atoms with van der Waals surface area (Å²) < 4.78 is 65.2. The third-order valence-electron chi connectivity index (χ3n) is 2.51. The lowest BCUT2D eigenvalue weighted by Crippen LogP contribution is -2.17. The molecule has 0 heterocycles. The summed E-state index contributed by atoms with van der Waals surface area (Å²) >= 11 is 0. The number of hydrogen-bond acceptors (Lipinski definition) is 1. The highest BCUT2D eigenvalue weighted by molar-refractivity contribution is 6.01. The third-order valence-corrected chi connectivity index (χ3v) is 2.51. The zero-order valence-corrected chi connectivity index (χ0v) is 8.68. The molecule has 0 aliphatic heterocycles. The van der Waals surface area contributed by atoms with Gasteiger partial charge in [0.05, 0.1) is 11.5 Å². The molecule has 0 radical (unpaired) electrons. The zero-order chi connectivity index (χ0) is 13.4. The Kier molecular flexibility index (Phi) is 3.02. The Morgan fingerprint density at radius 2 is 1.17 bits per heavy atom. The summed E-state index contributed by atoms with van der Waals surface area (Å²) in [6, 6.07) is 0. The average molecular weight is 260 g/mol. The summed E-state index contributed by atoms with van der Waals surface area (Å²) in [6.07, 6.45) is 5.46. The Balaban J connectivity index is 2.61. The van der Waals surface area contributed by atoms with Gasteiger partial charge in [-0.25, -0.2) is 22.0 Å². The van der Waals surface area contributed by atoms with Crippen LogP contribution in [0.15, 0.2) is 24.3 Å². The summed E-state index contributed by atoms with van der Waals surface area (Å²) in [5, 5.41) is 0. The van der Waals surface area contributed by atoms with Crippen molar-refractivity contribution < 1.29 is 26.7 Å². The summed E-state index contributed by atoms with van der Waals surface area (Å²) in [6.45, 7) is 0. The maximum absolute atomic E-state index is 13.3. The number of allylic oxidation sites excluding steroid dienone is 4. The lowest BCUT2D eigenvalue weighted by Gasteiger charge is -2.09. The van der Waals surface area contributed by atoms with Crippen molar-refractivity contribution >= 4 is 5.78 Å². The maximum atomic E-state index is 13.3. The van der Waals surface area contributed by atoms with Crippen LogP contribution in [0.1, 0.15) is 10.4 Å². The Morgan fingerprint density at radius 1 is 0.778 bits per heavy atom. The second kappa shape index (κ2) is 4.36. The first kappa shape index (κ1) is 12.5. The van der Waals surface area contributed by atoms with Crippen LogP contribution in [0.3, 0.4) is 0 Å². The molecule has 1 aromatic carbocycles. The molecular formula is C12H5F5O. The van der Waals surface area contributed by atoms with E-state index in [0.717, 1.165) is 0 Å². The molecule has 6 heteroatoms. The van der Waals surface area contributed by atoms with Crippen molar-refractivity contribution in [3.63, 3.8) is 0 Å². The molecule has 0 saturated heterocycles. The van der Waals surface area contributed by atoms with Crippen molar-refractivity contribution in [2.45, 2.75) is 0 Å². The largest absolute Gasteiger partial charge is 0.293 e. The summed E-state index contributed by atoms with van der Waals surface area (Å²) in [4.78, 5) is 11.7. The number of benzene rings is 1. The molecule has 0 fully saturated rings. The van der Waals surface area contributed by atoms with Gasteiger partial charge in [-0.1, -0.05) is 24.3 Å². The molecule has 0 aromatic heterocycles. The van der Waals surface area contributed by atoms with E-state index in [1.54, 1.807) is 0 Å². The number of carbonyl (C=O) groups is 1.